The van der Waals surface area contributed by atoms with Gasteiger partial charge >= 0.3 is 0 Å². The predicted octanol–water partition coefficient (Wildman–Crippen LogP) is 2.82. The summed E-state index contributed by atoms with van der Waals surface area (Å²) in [6.45, 7) is 1.58. The predicted molar refractivity (Wildman–Crippen MR) is 51.1 cm³/mol. The molecule has 2 atom stereocenters. The molecule has 1 rings (SSSR count). The van der Waals surface area contributed by atoms with Gasteiger partial charge in [0.2, 0.25) is 0 Å². The normalized spacial score (nSPS) is 14.7. The van der Waals surface area contributed by atoms with E-state index in [0.717, 1.165) is 0 Å². The summed E-state index contributed by atoms with van der Waals surface area (Å²) < 4.78 is 24.4. The Labute approximate surface area is 86.8 Å². The van der Waals surface area contributed by atoms with E-state index in [4.69, 9.17) is 5.26 Å². The molecule has 1 N–H and O–H groups in total. The first kappa shape index (κ1) is 11.6. The van der Waals surface area contributed by atoms with E-state index in [-0.39, 0.29) is 5.56 Å². The van der Waals surface area contributed by atoms with Crippen LogP contribution in [0.15, 0.2) is 24.3 Å². The van der Waals surface area contributed by atoms with Crippen molar-refractivity contribution in [3.05, 3.63) is 35.4 Å². The lowest BCUT2D eigenvalue weighted by atomic mass is 9.98. The van der Waals surface area contributed by atoms with Gasteiger partial charge in [0, 0.05) is 5.56 Å². The Bertz CT molecular complexity index is 356. The van der Waals surface area contributed by atoms with E-state index in [1.165, 1.54) is 24.3 Å². The molecule has 0 aliphatic heterocycles. The van der Waals surface area contributed by atoms with E-state index in [2.05, 4.69) is 0 Å². The van der Waals surface area contributed by atoms with Gasteiger partial charge in [-0.2, -0.15) is 5.26 Å². The highest BCUT2D eigenvalue weighted by molar-refractivity contribution is 5.25. The number of rotatable bonds is 3. The third-order valence-corrected chi connectivity index (χ3v) is 2.21. The molecule has 2 unspecified atom stereocenters. The van der Waals surface area contributed by atoms with Gasteiger partial charge in [0.1, 0.15) is 0 Å². The summed E-state index contributed by atoms with van der Waals surface area (Å²) in [7, 11) is 0. The molecule has 0 bridgehead atoms. The Balaban J connectivity index is 2.85. The van der Waals surface area contributed by atoms with Gasteiger partial charge in [-0.3, -0.25) is 0 Å². The van der Waals surface area contributed by atoms with E-state index < -0.39 is 18.4 Å². The fourth-order valence-corrected chi connectivity index (χ4v) is 1.20. The number of halogens is 2. The molecule has 2 nitrogen and oxygen atoms in total. The number of nitriles is 1. The van der Waals surface area contributed by atoms with Crippen molar-refractivity contribution in [2.24, 2.45) is 5.92 Å². The van der Waals surface area contributed by atoms with Gasteiger partial charge in [-0.05, 0) is 12.5 Å². The summed E-state index contributed by atoms with van der Waals surface area (Å²) in [6, 6.07) is 7.25. The number of hydrogen-bond donors (Lipinski definition) is 1. The van der Waals surface area contributed by atoms with Crippen LogP contribution in [0, 0.1) is 17.2 Å². The Morgan fingerprint density at radius 2 is 1.67 bits per heavy atom. The average molecular weight is 211 g/mol. The lowest BCUT2D eigenvalue weighted by molar-refractivity contribution is 0.141. The Hall–Kier alpha value is -1.47. The zero-order valence-electron chi connectivity index (χ0n) is 8.19. The maximum Gasteiger partial charge on any atom is 0.263 e. The van der Waals surface area contributed by atoms with Gasteiger partial charge in [-0.25, -0.2) is 8.78 Å². The fraction of sp³-hybridized carbons (Fsp3) is 0.364. The highest BCUT2D eigenvalue weighted by Crippen LogP contribution is 2.24. The molecule has 0 aliphatic rings. The van der Waals surface area contributed by atoms with Crippen LogP contribution in [-0.4, -0.2) is 5.11 Å². The second-order valence-corrected chi connectivity index (χ2v) is 3.33. The van der Waals surface area contributed by atoms with E-state index in [1.807, 2.05) is 6.07 Å². The van der Waals surface area contributed by atoms with Crippen LogP contribution in [0.3, 0.4) is 0 Å². The first-order chi connectivity index (χ1) is 7.06. The summed E-state index contributed by atoms with van der Waals surface area (Å²) in [5.41, 5.74) is 0.393. The molecule has 4 heteroatoms. The van der Waals surface area contributed by atoms with Crippen molar-refractivity contribution in [2.45, 2.75) is 19.5 Å². The van der Waals surface area contributed by atoms with Crippen molar-refractivity contribution in [2.75, 3.05) is 0 Å². The maximum absolute atomic E-state index is 12.2. The lowest BCUT2D eigenvalue weighted by Crippen LogP contribution is -2.06. The smallest absolute Gasteiger partial charge is 0.263 e. The van der Waals surface area contributed by atoms with Gasteiger partial charge in [0.05, 0.1) is 18.1 Å². The van der Waals surface area contributed by atoms with E-state index in [0.29, 0.717) is 5.56 Å². The van der Waals surface area contributed by atoms with E-state index in [9.17, 15) is 13.9 Å². The zero-order chi connectivity index (χ0) is 11.4. The van der Waals surface area contributed by atoms with Crippen LogP contribution < -0.4 is 0 Å². The average Bonchev–Trinajstić information content (AvgIpc) is 2.27. The lowest BCUT2D eigenvalue weighted by Gasteiger charge is -2.13. The van der Waals surface area contributed by atoms with Crippen LogP contribution in [0.2, 0.25) is 0 Å². The second kappa shape index (κ2) is 4.85. The standard InChI is InChI=1S/C11H11F2NO/c1-7(6-14)10(15)8-2-4-9(5-3-8)11(12)13/h2-5,7,10-11,15H,1H3. The van der Waals surface area contributed by atoms with Crippen LogP contribution in [-0.2, 0) is 0 Å². The largest absolute Gasteiger partial charge is 0.387 e. The van der Waals surface area contributed by atoms with Crippen molar-refractivity contribution in [3.8, 4) is 6.07 Å². The van der Waals surface area contributed by atoms with Crippen molar-refractivity contribution in [1.82, 2.24) is 0 Å². The molecular formula is C11H11F2NO. The van der Waals surface area contributed by atoms with Gasteiger partial charge in [-0.1, -0.05) is 24.3 Å². The summed E-state index contributed by atoms with van der Waals surface area (Å²) in [4.78, 5) is 0. The summed E-state index contributed by atoms with van der Waals surface area (Å²) in [5, 5.41) is 18.2. The van der Waals surface area contributed by atoms with Crippen LogP contribution in [0.25, 0.3) is 0 Å². The molecule has 1 aromatic carbocycles. The first-order valence-corrected chi connectivity index (χ1v) is 4.52. The second-order valence-electron chi connectivity index (χ2n) is 3.33. The molecule has 0 amide bonds. The third kappa shape index (κ3) is 2.74. The highest BCUT2D eigenvalue weighted by atomic mass is 19.3. The maximum atomic E-state index is 12.2. The molecule has 0 saturated heterocycles. The Morgan fingerprint density at radius 3 is 2.07 bits per heavy atom. The van der Waals surface area contributed by atoms with E-state index >= 15 is 0 Å². The topological polar surface area (TPSA) is 44.0 Å². The van der Waals surface area contributed by atoms with Crippen LogP contribution >= 0.6 is 0 Å². The molecule has 0 heterocycles. The number of benzene rings is 1. The molecule has 0 aliphatic carbocycles. The van der Waals surface area contributed by atoms with Gasteiger partial charge < -0.3 is 5.11 Å². The number of hydrogen-bond acceptors (Lipinski definition) is 2. The Kier molecular flexibility index (Phi) is 3.75. The monoisotopic (exact) mass is 211 g/mol. The molecular weight excluding hydrogens is 200 g/mol. The molecule has 0 radical (unpaired) electrons. The minimum atomic E-state index is -2.51. The van der Waals surface area contributed by atoms with Gasteiger partial charge in [-0.15, -0.1) is 0 Å². The van der Waals surface area contributed by atoms with E-state index in [1.54, 1.807) is 6.92 Å². The molecule has 0 saturated carbocycles. The molecule has 0 aromatic heterocycles. The fourth-order valence-electron chi connectivity index (χ4n) is 1.20. The molecule has 0 fully saturated rings. The summed E-state index contributed by atoms with van der Waals surface area (Å²) in [5.74, 6) is -0.553. The number of aliphatic hydroxyl groups is 1. The molecule has 15 heavy (non-hydrogen) atoms. The van der Waals surface area contributed by atoms with Crippen LogP contribution in [0.5, 0.6) is 0 Å². The minimum Gasteiger partial charge on any atom is -0.387 e. The Morgan fingerprint density at radius 1 is 1.20 bits per heavy atom. The van der Waals surface area contributed by atoms with Crippen molar-refractivity contribution >= 4 is 0 Å². The minimum absolute atomic E-state index is 0.0874. The number of aliphatic hydroxyl groups excluding tert-OH is 1. The third-order valence-electron chi connectivity index (χ3n) is 2.21. The van der Waals surface area contributed by atoms with Gasteiger partial charge in [0.15, 0.2) is 0 Å². The highest BCUT2D eigenvalue weighted by Gasteiger charge is 2.16. The quantitative estimate of drug-likeness (QED) is 0.835. The zero-order valence-corrected chi connectivity index (χ0v) is 8.19. The van der Waals surface area contributed by atoms with Gasteiger partial charge in [0.25, 0.3) is 6.43 Å². The van der Waals surface area contributed by atoms with Crippen LogP contribution in [0.1, 0.15) is 30.6 Å². The molecule has 80 valence electrons. The summed E-state index contributed by atoms with van der Waals surface area (Å²) >= 11 is 0. The first-order valence-electron chi connectivity index (χ1n) is 4.52. The number of alkyl halides is 2. The molecule has 0 spiro atoms. The molecule has 1 aromatic rings. The summed E-state index contributed by atoms with van der Waals surface area (Å²) in [6.07, 6.45) is -3.44. The number of nitrogens with zero attached hydrogens (tertiary/aromatic N) is 1. The van der Waals surface area contributed by atoms with Crippen LogP contribution in [0.4, 0.5) is 8.78 Å². The van der Waals surface area contributed by atoms with Crippen molar-refractivity contribution in [3.63, 3.8) is 0 Å². The van der Waals surface area contributed by atoms with Crippen molar-refractivity contribution in [1.29, 1.82) is 5.26 Å². The van der Waals surface area contributed by atoms with Crippen molar-refractivity contribution < 1.29 is 13.9 Å². The SMILES string of the molecule is CC(C#N)C(O)c1ccc(C(F)F)cc1.